The van der Waals surface area contributed by atoms with E-state index >= 15 is 0 Å². The third-order valence-corrected chi connectivity index (χ3v) is 4.47. The lowest BCUT2D eigenvalue weighted by Gasteiger charge is -2.26. The maximum Gasteiger partial charge on any atom is 0.0989 e. The van der Waals surface area contributed by atoms with E-state index in [-0.39, 0.29) is 0 Å². The van der Waals surface area contributed by atoms with Gasteiger partial charge in [-0.1, -0.05) is 84.4 Å². The largest absolute Gasteiger partial charge is 0.328 e. The highest BCUT2D eigenvalue weighted by molar-refractivity contribution is 5.65. The fraction of sp³-hybridized carbons (Fsp3) is 0.417. The van der Waals surface area contributed by atoms with E-state index in [9.17, 15) is 0 Å². The van der Waals surface area contributed by atoms with E-state index in [2.05, 4.69) is 112 Å². The lowest BCUT2D eigenvalue weighted by atomic mass is 10.0. The number of anilines is 2. The van der Waals surface area contributed by atoms with Gasteiger partial charge < -0.3 is 9.80 Å². The van der Waals surface area contributed by atoms with Crippen molar-refractivity contribution < 1.29 is 0 Å². The number of para-hydroxylation sites is 2. The van der Waals surface area contributed by atoms with Gasteiger partial charge in [-0.3, -0.25) is 0 Å². The molecule has 0 aromatic heterocycles. The molecule has 140 valence electrons. The standard InChI is InChI=1S/C21H26N2.C3H8/c1-16(2)18-9-5-7-11-20(18)22-13-14-23(15-22)21-12-8-6-10-19(21)17(3)4;1-3-2/h5-14,16-17H,15H2,1-4H3;3H2,1-2H3. The summed E-state index contributed by atoms with van der Waals surface area (Å²) in [5.41, 5.74) is 5.42. The molecule has 2 nitrogen and oxygen atoms in total. The van der Waals surface area contributed by atoms with Gasteiger partial charge in [0.05, 0.1) is 6.67 Å². The third kappa shape index (κ3) is 4.69. The molecule has 0 bridgehead atoms. The number of benzene rings is 2. The first-order valence-corrected chi connectivity index (χ1v) is 9.89. The quantitative estimate of drug-likeness (QED) is 0.580. The van der Waals surface area contributed by atoms with E-state index in [1.807, 2.05) is 0 Å². The van der Waals surface area contributed by atoms with Crippen LogP contribution < -0.4 is 9.80 Å². The van der Waals surface area contributed by atoms with Crippen LogP contribution in [0.2, 0.25) is 0 Å². The van der Waals surface area contributed by atoms with Gasteiger partial charge in [-0.15, -0.1) is 0 Å². The van der Waals surface area contributed by atoms with Crippen LogP contribution in [0.15, 0.2) is 60.9 Å². The summed E-state index contributed by atoms with van der Waals surface area (Å²) in [4.78, 5) is 4.68. The van der Waals surface area contributed by atoms with Crippen LogP contribution in [-0.4, -0.2) is 6.67 Å². The predicted molar refractivity (Wildman–Crippen MR) is 116 cm³/mol. The summed E-state index contributed by atoms with van der Waals surface area (Å²) in [6.45, 7) is 14.1. The van der Waals surface area contributed by atoms with Crippen LogP contribution >= 0.6 is 0 Å². The molecule has 0 spiro atoms. The number of rotatable bonds is 4. The van der Waals surface area contributed by atoms with E-state index in [1.165, 1.54) is 28.9 Å². The van der Waals surface area contributed by atoms with E-state index in [4.69, 9.17) is 0 Å². The fourth-order valence-electron chi connectivity index (χ4n) is 3.21. The molecular weight excluding hydrogens is 316 g/mol. The molecule has 0 unspecified atom stereocenters. The van der Waals surface area contributed by atoms with Crippen molar-refractivity contribution in [1.82, 2.24) is 0 Å². The summed E-state index contributed by atoms with van der Waals surface area (Å²) >= 11 is 0. The molecule has 2 aromatic rings. The molecule has 0 atom stereocenters. The Morgan fingerprint density at radius 3 is 1.38 bits per heavy atom. The van der Waals surface area contributed by atoms with E-state index < -0.39 is 0 Å². The van der Waals surface area contributed by atoms with Gasteiger partial charge in [0.1, 0.15) is 0 Å². The first kappa shape index (κ1) is 20.1. The third-order valence-electron chi connectivity index (χ3n) is 4.47. The molecule has 0 fully saturated rings. The average Bonchev–Trinajstić information content (AvgIpc) is 3.12. The topological polar surface area (TPSA) is 6.48 Å². The van der Waals surface area contributed by atoms with Crippen LogP contribution in [-0.2, 0) is 0 Å². The van der Waals surface area contributed by atoms with Crippen LogP contribution in [0.1, 0.15) is 70.9 Å². The molecule has 0 aliphatic carbocycles. The number of hydrogen-bond acceptors (Lipinski definition) is 2. The maximum absolute atomic E-state index is 2.34. The summed E-state index contributed by atoms with van der Waals surface area (Å²) in [6, 6.07) is 17.4. The summed E-state index contributed by atoms with van der Waals surface area (Å²) in [5, 5.41) is 0. The number of hydrogen-bond donors (Lipinski definition) is 0. The monoisotopic (exact) mass is 350 g/mol. The summed E-state index contributed by atoms with van der Waals surface area (Å²) in [6.07, 6.45) is 5.64. The van der Waals surface area contributed by atoms with Crippen molar-refractivity contribution in [2.24, 2.45) is 0 Å². The normalized spacial score (nSPS) is 13.4. The molecule has 3 rings (SSSR count). The smallest absolute Gasteiger partial charge is 0.0989 e. The highest BCUT2D eigenvalue weighted by atomic mass is 15.3. The molecule has 0 N–H and O–H groups in total. The van der Waals surface area contributed by atoms with Crippen LogP contribution in [0.4, 0.5) is 11.4 Å². The zero-order valence-corrected chi connectivity index (χ0v) is 17.2. The molecule has 1 aliphatic heterocycles. The van der Waals surface area contributed by atoms with Crippen molar-refractivity contribution in [1.29, 1.82) is 0 Å². The molecule has 0 amide bonds. The highest BCUT2D eigenvalue weighted by Crippen LogP contribution is 2.33. The second-order valence-corrected chi connectivity index (χ2v) is 7.51. The van der Waals surface area contributed by atoms with Gasteiger partial charge in [-0.2, -0.15) is 0 Å². The van der Waals surface area contributed by atoms with Crippen molar-refractivity contribution in [2.45, 2.75) is 59.8 Å². The van der Waals surface area contributed by atoms with Crippen LogP contribution in [0.25, 0.3) is 0 Å². The van der Waals surface area contributed by atoms with Crippen molar-refractivity contribution in [2.75, 3.05) is 16.5 Å². The Kier molecular flexibility index (Phi) is 7.32. The first-order chi connectivity index (χ1) is 12.5. The van der Waals surface area contributed by atoms with E-state index in [0.29, 0.717) is 11.8 Å². The van der Waals surface area contributed by atoms with Crippen molar-refractivity contribution in [3.05, 3.63) is 72.1 Å². The lowest BCUT2D eigenvalue weighted by molar-refractivity contribution is 0.842. The van der Waals surface area contributed by atoms with Gasteiger partial charge in [-0.05, 0) is 35.1 Å². The van der Waals surface area contributed by atoms with Gasteiger partial charge in [0.25, 0.3) is 0 Å². The molecule has 0 saturated heterocycles. The van der Waals surface area contributed by atoms with Crippen LogP contribution in [0, 0.1) is 0 Å². The van der Waals surface area contributed by atoms with E-state index in [0.717, 1.165) is 6.67 Å². The zero-order valence-electron chi connectivity index (χ0n) is 17.2. The summed E-state index contributed by atoms with van der Waals surface area (Å²) in [5.74, 6) is 1.05. The second kappa shape index (κ2) is 9.47. The Morgan fingerprint density at radius 2 is 1.04 bits per heavy atom. The molecule has 2 heteroatoms. The fourth-order valence-corrected chi connectivity index (χ4v) is 3.21. The molecule has 1 aliphatic rings. The molecular formula is C24H34N2. The molecule has 26 heavy (non-hydrogen) atoms. The molecule has 2 aromatic carbocycles. The Balaban J connectivity index is 0.000000758. The van der Waals surface area contributed by atoms with Crippen LogP contribution in [0.3, 0.4) is 0 Å². The van der Waals surface area contributed by atoms with Gasteiger partial charge in [0.15, 0.2) is 0 Å². The maximum atomic E-state index is 2.34. The Bertz CT molecular complexity index is 656. The van der Waals surface area contributed by atoms with Crippen molar-refractivity contribution in [3.8, 4) is 0 Å². The SMILES string of the molecule is CC(C)c1ccccc1N1C=CN(c2ccccc2C(C)C)C1.CCC. The minimum Gasteiger partial charge on any atom is -0.328 e. The van der Waals surface area contributed by atoms with Gasteiger partial charge >= 0.3 is 0 Å². The van der Waals surface area contributed by atoms with Crippen molar-refractivity contribution in [3.63, 3.8) is 0 Å². The first-order valence-electron chi connectivity index (χ1n) is 9.89. The van der Waals surface area contributed by atoms with Gasteiger partial charge in [0.2, 0.25) is 0 Å². The molecule has 1 heterocycles. The Morgan fingerprint density at radius 1 is 0.692 bits per heavy atom. The summed E-state index contributed by atoms with van der Waals surface area (Å²) in [7, 11) is 0. The van der Waals surface area contributed by atoms with Gasteiger partial charge in [-0.25, -0.2) is 0 Å². The predicted octanol–water partition coefficient (Wildman–Crippen LogP) is 7.11. The summed E-state index contributed by atoms with van der Waals surface area (Å²) < 4.78 is 0. The minimum atomic E-state index is 0.525. The zero-order chi connectivity index (χ0) is 19.1. The van der Waals surface area contributed by atoms with Crippen LogP contribution in [0.5, 0.6) is 0 Å². The van der Waals surface area contributed by atoms with Gasteiger partial charge in [0, 0.05) is 23.8 Å². The minimum absolute atomic E-state index is 0.525. The Labute approximate surface area is 160 Å². The lowest BCUT2D eigenvalue weighted by Crippen LogP contribution is -2.26. The second-order valence-electron chi connectivity index (χ2n) is 7.51. The highest BCUT2D eigenvalue weighted by Gasteiger charge is 2.20. The Hall–Kier alpha value is -2.22. The molecule has 0 radical (unpaired) electrons. The van der Waals surface area contributed by atoms with E-state index in [1.54, 1.807) is 0 Å². The van der Waals surface area contributed by atoms with Crippen molar-refractivity contribution >= 4 is 11.4 Å². The average molecular weight is 351 g/mol. The molecule has 0 saturated carbocycles. The number of nitrogens with zero attached hydrogens (tertiary/aromatic N) is 2.